The fraction of sp³-hybridized carbons (Fsp3) is 1.00. The number of aliphatic hydroxyl groups excluding tert-OH is 1. The largest absolute Gasteiger partial charge is 0.396 e. The van der Waals surface area contributed by atoms with Crippen molar-refractivity contribution >= 4 is 11.8 Å². The van der Waals surface area contributed by atoms with E-state index in [4.69, 9.17) is 5.11 Å². The van der Waals surface area contributed by atoms with Gasteiger partial charge in [-0.1, -0.05) is 6.92 Å². The van der Waals surface area contributed by atoms with Crippen molar-refractivity contribution in [1.82, 2.24) is 5.32 Å². The van der Waals surface area contributed by atoms with Crippen molar-refractivity contribution < 1.29 is 5.11 Å². The van der Waals surface area contributed by atoms with Crippen LogP contribution in [-0.4, -0.2) is 35.8 Å². The molecule has 2 atom stereocenters. The first-order chi connectivity index (χ1) is 5.83. The number of aliphatic hydroxyl groups is 1. The summed E-state index contributed by atoms with van der Waals surface area (Å²) < 4.78 is 0. The van der Waals surface area contributed by atoms with Gasteiger partial charge in [-0.25, -0.2) is 0 Å². The third-order valence-electron chi connectivity index (χ3n) is 2.20. The number of hydrogen-bond acceptors (Lipinski definition) is 3. The maximum atomic E-state index is 8.80. The van der Waals surface area contributed by atoms with Gasteiger partial charge in [0.15, 0.2) is 0 Å². The molecule has 0 radical (unpaired) electrons. The molecule has 1 fully saturated rings. The topological polar surface area (TPSA) is 32.3 Å². The average molecular weight is 189 g/mol. The van der Waals surface area contributed by atoms with Crippen LogP contribution < -0.4 is 5.32 Å². The van der Waals surface area contributed by atoms with Crippen molar-refractivity contribution in [3.8, 4) is 0 Å². The first-order valence-electron chi connectivity index (χ1n) is 4.75. The summed E-state index contributed by atoms with van der Waals surface area (Å²) in [7, 11) is 0. The highest BCUT2D eigenvalue weighted by atomic mass is 32.2. The first kappa shape index (κ1) is 10.4. The van der Waals surface area contributed by atoms with E-state index < -0.39 is 0 Å². The van der Waals surface area contributed by atoms with E-state index in [0.29, 0.717) is 12.5 Å². The van der Waals surface area contributed by atoms with E-state index in [-0.39, 0.29) is 0 Å². The van der Waals surface area contributed by atoms with Gasteiger partial charge in [0, 0.05) is 18.4 Å². The minimum atomic E-state index is 0.324. The monoisotopic (exact) mass is 189 g/mol. The molecule has 1 heterocycles. The molecule has 1 aliphatic rings. The van der Waals surface area contributed by atoms with E-state index in [1.165, 1.54) is 25.1 Å². The van der Waals surface area contributed by atoms with Crippen molar-refractivity contribution in [3.05, 3.63) is 0 Å². The normalized spacial score (nSPS) is 26.0. The van der Waals surface area contributed by atoms with Crippen LogP contribution >= 0.6 is 11.8 Å². The fourth-order valence-corrected chi connectivity index (χ4v) is 2.58. The van der Waals surface area contributed by atoms with Crippen LogP contribution in [0.2, 0.25) is 0 Å². The number of nitrogens with one attached hydrogen (secondary N) is 1. The van der Waals surface area contributed by atoms with Gasteiger partial charge in [-0.2, -0.15) is 11.8 Å². The zero-order chi connectivity index (χ0) is 8.81. The van der Waals surface area contributed by atoms with Gasteiger partial charge in [0.1, 0.15) is 0 Å². The van der Waals surface area contributed by atoms with E-state index in [1.807, 2.05) is 11.8 Å². The van der Waals surface area contributed by atoms with Crippen LogP contribution in [0.1, 0.15) is 19.8 Å². The molecule has 12 heavy (non-hydrogen) atoms. The summed E-state index contributed by atoms with van der Waals surface area (Å²) >= 11 is 1.96. The van der Waals surface area contributed by atoms with Crippen LogP contribution in [-0.2, 0) is 0 Å². The quantitative estimate of drug-likeness (QED) is 0.679. The molecule has 0 bridgehead atoms. The molecule has 0 aromatic rings. The van der Waals surface area contributed by atoms with Crippen LogP contribution in [0.15, 0.2) is 0 Å². The maximum Gasteiger partial charge on any atom is 0.0464 e. The second kappa shape index (κ2) is 5.84. The summed E-state index contributed by atoms with van der Waals surface area (Å²) in [4.78, 5) is 0. The summed E-state index contributed by atoms with van der Waals surface area (Å²) in [6.45, 7) is 3.61. The molecular formula is C9H19NOS. The second-order valence-electron chi connectivity index (χ2n) is 3.62. The van der Waals surface area contributed by atoms with Crippen LogP contribution in [0.3, 0.4) is 0 Å². The molecule has 0 amide bonds. The average Bonchev–Trinajstić information content (AvgIpc) is 2.57. The molecule has 1 aliphatic heterocycles. The fourth-order valence-electron chi connectivity index (χ4n) is 1.36. The molecule has 0 spiro atoms. The standard InChI is InChI=1S/C9H19NOS/c1-8(5-11)6-12-7-9-3-2-4-10-9/h8-11H,2-7H2,1H3/t8?,9-/m0/s1. The number of hydrogen-bond donors (Lipinski definition) is 2. The van der Waals surface area contributed by atoms with Gasteiger partial charge in [-0.3, -0.25) is 0 Å². The van der Waals surface area contributed by atoms with Gasteiger partial charge in [-0.15, -0.1) is 0 Å². The lowest BCUT2D eigenvalue weighted by Crippen LogP contribution is -2.24. The Kier molecular flexibility index (Phi) is 5.04. The van der Waals surface area contributed by atoms with E-state index in [0.717, 1.165) is 11.8 Å². The van der Waals surface area contributed by atoms with Crippen molar-refractivity contribution in [2.75, 3.05) is 24.7 Å². The van der Waals surface area contributed by atoms with Crippen LogP contribution in [0.25, 0.3) is 0 Å². The Morgan fingerprint density at radius 3 is 3.08 bits per heavy atom. The Bertz CT molecular complexity index is 115. The van der Waals surface area contributed by atoms with E-state index in [1.54, 1.807) is 0 Å². The minimum Gasteiger partial charge on any atom is -0.396 e. The highest BCUT2D eigenvalue weighted by Crippen LogP contribution is 2.14. The van der Waals surface area contributed by atoms with Gasteiger partial charge < -0.3 is 10.4 Å². The van der Waals surface area contributed by atoms with Crippen molar-refractivity contribution in [1.29, 1.82) is 0 Å². The third kappa shape index (κ3) is 3.78. The molecule has 0 aliphatic carbocycles. The molecule has 72 valence electrons. The molecule has 3 heteroatoms. The lowest BCUT2D eigenvalue weighted by atomic mass is 10.2. The van der Waals surface area contributed by atoms with Gasteiger partial charge >= 0.3 is 0 Å². The van der Waals surface area contributed by atoms with Gasteiger partial charge in [-0.05, 0) is 31.1 Å². The second-order valence-corrected chi connectivity index (χ2v) is 4.69. The van der Waals surface area contributed by atoms with Gasteiger partial charge in [0.2, 0.25) is 0 Å². The molecule has 0 aromatic heterocycles. The van der Waals surface area contributed by atoms with Crippen molar-refractivity contribution in [2.45, 2.75) is 25.8 Å². The smallest absolute Gasteiger partial charge is 0.0464 e. The molecule has 2 nitrogen and oxygen atoms in total. The highest BCUT2D eigenvalue weighted by molar-refractivity contribution is 7.99. The predicted octanol–water partition coefficient (Wildman–Crippen LogP) is 1.10. The Morgan fingerprint density at radius 2 is 2.50 bits per heavy atom. The van der Waals surface area contributed by atoms with Crippen LogP contribution in [0.5, 0.6) is 0 Å². The summed E-state index contributed by atoms with van der Waals surface area (Å²) in [5.74, 6) is 2.76. The van der Waals surface area contributed by atoms with Crippen molar-refractivity contribution in [3.63, 3.8) is 0 Å². The summed E-state index contributed by atoms with van der Waals surface area (Å²) in [6, 6.07) is 0.737. The third-order valence-corrected chi connectivity index (χ3v) is 3.64. The highest BCUT2D eigenvalue weighted by Gasteiger charge is 2.13. The molecule has 1 unspecified atom stereocenters. The first-order valence-corrected chi connectivity index (χ1v) is 5.90. The maximum absolute atomic E-state index is 8.80. The Hall–Kier alpha value is 0.270. The predicted molar refractivity (Wildman–Crippen MR) is 54.6 cm³/mol. The van der Waals surface area contributed by atoms with E-state index in [2.05, 4.69) is 12.2 Å². The van der Waals surface area contributed by atoms with Crippen LogP contribution in [0.4, 0.5) is 0 Å². The van der Waals surface area contributed by atoms with Gasteiger partial charge in [0.25, 0.3) is 0 Å². The van der Waals surface area contributed by atoms with E-state index >= 15 is 0 Å². The zero-order valence-electron chi connectivity index (χ0n) is 7.75. The Labute approximate surface area is 79.1 Å². The molecular weight excluding hydrogens is 170 g/mol. The van der Waals surface area contributed by atoms with Gasteiger partial charge in [0.05, 0.1) is 0 Å². The Morgan fingerprint density at radius 1 is 1.67 bits per heavy atom. The molecule has 1 saturated heterocycles. The minimum absolute atomic E-state index is 0.324. The number of rotatable bonds is 5. The molecule has 1 rings (SSSR count). The molecule has 0 saturated carbocycles. The molecule has 0 aromatic carbocycles. The summed E-state index contributed by atoms with van der Waals surface area (Å²) in [5, 5.41) is 12.3. The lowest BCUT2D eigenvalue weighted by molar-refractivity contribution is 0.250. The van der Waals surface area contributed by atoms with Crippen molar-refractivity contribution in [2.24, 2.45) is 5.92 Å². The SMILES string of the molecule is CC(CO)CSC[C@@H]1CCCN1. The Balaban J connectivity index is 1.94. The van der Waals surface area contributed by atoms with E-state index in [9.17, 15) is 0 Å². The summed E-state index contributed by atoms with van der Waals surface area (Å²) in [5.41, 5.74) is 0. The summed E-state index contributed by atoms with van der Waals surface area (Å²) in [6.07, 6.45) is 2.67. The zero-order valence-corrected chi connectivity index (χ0v) is 8.57. The lowest BCUT2D eigenvalue weighted by Gasteiger charge is -2.11. The van der Waals surface area contributed by atoms with Crippen LogP contribution in [0, 0.1) is 5.92 Å². The number of thioether (sulfide) groups is 1. The molecule has 2 N–H and O–H groups in total.